The summed E-state index contributed by atoms with van der Waals surface area (Å²) in [5.74, 6) is 0. The van der Waals surface area contributed by atoms with E-state index in [0.717, 1.165) is 32.8 Å². The van der Waals surface area contributed by atoms with Gasteiger partial charge in [-0.05, 0) is 37.9 Å². The zero-order valence-electron chi connectivity index (χ0n) is 11.1. The molecule has 3 heterocycles. The van der Waals surface area contributed by atoms with Gasteiger partial charge in [-0.1, -0.05) is 6.07 Å². The highest BCUT2D eigenvalue weighted by Gasteiger charge is 2.39. The normalized spacial score (nSPS) is 30.9. The first-order valence-corrected chi connectivity index (χ1v) is 7.71. The maximum atomic E-state index is 6.15. The van der Waals surface area contributed by atoms with Crippen LogP contribution in [0.2, 0.25) is 0 Å². The maximum Gasteiger partial charge on any atom is 0.0935 e. The Morgan fingerprint density at radius 3 is 3.11 bits per heavy atom. The van der Waals surface area contributed by atoms with Crippen molar-refractivity contribution in [3.05, 3.63) is 22.4 Å². The molecule has 0 N–H and O–H groups in total. The van der Waals surface area contributed by atoms with Crippen LogP contribution in [-0.4, -0.2) is 55.2 Å². The summed E-state index contributed by atoms with van der Waals surface area (Å²) in [5, 5.41) is 2.17. The summed E-state index contributed by atoms with van der Waals surface area (Å²) in [5.41, 5.74) is 0.0997. The van der Waals surface area contributed by atoms with Crippen LogP contribution in [0.1, 0.15) is 17.7 Å². The lowest BCUT2D eigenvalue weighted by Crippen LogP contribution is -2.58. The van der Waals surface area contributed by atoms with E-state index in [-0.39, 0.29) is 5.60 Å². The molecule has 2 aliphatic rings. The van der Waals surface area contributed by atoms with Crippen molar-refractivity contribution >= 4 is 11.3 Å². The minimum absolute atomic E-state index is 0.0997. The van der Waals surface area contributed by atoms with E-state index >= 15 is 0 Å². The van der Waals surface area contributed by atoms with Crippen LogP contribution in [0.15, 0.2) is 17.5 Å². The van der Waals surface area contributed by atoms with Gasteiger partial charge in [0.2, 0.25) is 0 Å². The second-order valence-electron chi connectivity index (χ2n) is 5.66. The molecule has 0 aliphatic carbocycles. The van der Waals surface area contributed by atoms with Crippen molar-refractivity contribution in [2.75, 3.05) is 39.8 Å². The summed E-state index contributed by atoms with van der Waals surface area (Å²) in [6.45, 7) is 6.45. The molecule has 3 nitrogen and oxygen atoms in total. The zero-order valence-corrected chi connectivity index (χ0v) is 11.9. The number of nitrogens with zero attached hydrogens (tertiary/aromatic N) is 2. The van der Waals surface area contributed by atoms with E-state index < -0.39 is 0 Å². The molecule has 0 radical (unpaired) electrons. The van der Waals surface area contributed by atoms with E-state index in [1.807, 2.05) is 11.3 Å². The number of morpholine rings is 1. The fourth-order valence-corrected chi connectivity index (χ4v) is 4.00. The van der Waals surface area contributed by atoms with E-state index in [9.17, 15) is 0 Å². The van der Waals surface area contributed by atoms with Gasteiger partial charge < -0.3 is 9.64 Å². The first-order chi connectivity index (χ1) is 8.76. The molecule has 18 heavy (non-hydrogen) atoms. The molecular formula is C14H22N2OS. The monoisotopic (exact) mass is 266 g/mol. The summed E-state index contributed by atoms with van der Waals surface area (Å²) < 4.78 is 6.15. The molecule has 2 aliphatic heterocycles. The molecule has 0 amide bonds. The lowest BCUT2D eigenvalue weighted by atomic mass is 9.91. The fraction of sp³-hybridized carbons (Fsp3) is 0.714. The van der Waals surface area contributed by atoms with E-state index in [2.05, 4.69) is 34.4 Å². The highest BCUT2D eigenvalue weighted by molar-refractivity contribution is 7.09. The number of rotatable bonds is 2. The summed E-state index contributed by atoms with van der Waals surface area (Å²) in [7, 11) is 2.21. The molecule has 0 unspecified atom stereocenters. The number of piperidine rings is 1. The Kier molecular flexibility index (Phi) is 3.71. The van der Waals surface area contributed by atoms with Crippen molar-refractivity contribution in [2.24, 2.45) is 0 Å². The van der Waals surface area contributed by atoms with Crippen molar-refractivity contribution in [3.8, 4) is 0 Å². The average molecular weight is 266 g/mol. The summed E-state index contributed by atoms with van der Waals surface area (Å²) >= 11 is 1.86. The first-order valence-electron chi connectivity index (χ1n) is 6.83. The number of likely N-dealkylation sites (tertiary alicyclic amines) is 1. The Bertz CT molecular complexity index is 377. The minimum Gasteiger partial charge on any atom is -0.371 e. The molecule has 1 aromatic heterocycles. The van der Waals surface area contributed by atoms with Gasteiger partial charge in [0.15, 0.2) is 0 Å². The summed E-state index contributed by atoms with van der Waals surface area (Å²) in [6, 6.07) is 4.38. The van der Waals surface area contributed by atoms with Crippen LogP contribution in [0.3, 0.4) is 0 Å². The first kappa shape index (κ1) is 12.6. The van der Waals surface area contributed by atoms with Crippen LogP contribution in [0.25, 0.3) is 0 Å². The third-order valence-corrected chi connectivity index (χ3v) is 4.88. The van der Waals surface area contributed by atoms with E-state index in [1.165, 1.54) is 24.3 Å². The molecule has 2 fully saturated rings. The van der Waals surface area contributed by atoms with Crippen molar-refractivity contribution in [1.82, 2.24) is 9.80 Å². The van der Waals surface area contributed by atoms with Crippen LogP contribution in [0.5, 0.6) is 0 Å². The van der Waals surface area contributed by atoms with Gasteiger partial charge in [-0.25, -0.2) is 0 Å². The van der Waals surface area contributed by atoms with Gasteiger partial charge in [0.25, 0.3) is 0 Å². The van der Waals surface area contributed by atoms with Crippen molar-refractivity contribution in [1.29, 1.82) is 0 Å². The molecule has 3 rings (SSSR count). The largest absolute Gasteiger partial charge is 0.371 e. The maximum absolute atomic E-state index is 6.15. The van der Waals surface area contributed by atoms with Crippen LogP contribution >= 0.6 is 11.3 Å². The molecule has 0 bridgehead atoms. The predicted octanol–water partition coefficient (Wildman–Crippen LogP) is 2.04. The Balaban J connectivity index is 1.64. The highest BCUT2D eigenvalue weighted by atomic mass is 32.1. The van der Waals surface area contributed by atoms with Gasteiger partial charge in [-0.3, -0.25) is 4.90 Å². The van der Waals surface area contributed by atoms with Crippen LogP contribution in [0.4, 0.5) is 0 Å². The average Bonchev–Trinajstić information content (AvgIpc) is 2.81. The van der Waals surface area contributed by atoms with Gasteiger partial charge in [-0.2, -0.15) is 0 Å². The summed E-state index contributed by atoms with van der Waals surface area (Å²) in [4.78, 5) is 6.45. The number of hydrogen-bond acceptors (Lipinski definition) is 4. The summed E-state index contributed by atoms with van der Waals surface area (Å²) in [6.07, 6.45) is 2.49. The van der Waals surface area contributed by atoms with E-state index in [1.54, 1.807) is 0 Å². The lowest BCUT2D eigenvalue weighted by molar-refractivity contribution is -0.138. The SMILES string of the molecule is CN1CCC[C@]2(C1)CN(Cc1cccs1)CCO2. The van der Waals surface area contributed by atoms with Crippen LogP contribution in [-0.2, 0) is 11.3 Å². The standard InChI is InChI=1S/C14H22N2OS/c1-15-6-3-5-14(11-15)12-16(7-8-17-14)10-13-4-2-9-18-13/h2,4,9H,3,5-8,10-12H2,1H3/t14-/m0/s1. The molecule has 1 spiro atoms. The van der Waals surface area contributed by atoms with Gasteiger partial charge in [0, 0.05) is 31.1 Å². The van der Waals surface area contributed by atoms with E-state index in [0.29, 0.717) is 0 Å². The number of ether oxygens (including phenoxy) is 1. The molecule has 2 saturated heterocycles. The number of hydrogen-bond donors (Lipinski definition) is 0. The minimum atomic E-state index is 0.0997. The Hall–Kier alpha value is -0.420. The second kappa shape index (κ2) is 5.29. The fourth-order valence-electron chi connectivity index (χ4n) is 3.25. The van der Waals surface area contributed by atoms with Crippen molar-refractivity contribution in [3.63, 3.8) is 0 Å². The van der Waals surface area contributed by atoms with Crippen LogP contribution < -0.4 is 0 Å². The molecule has 0 saturated carbocycles. The van der Waals surface area contributed by atoms with E-state index in [4.69, 9.17) is 4.74 Å². The molecule has 100 valence electrons. The van der Waals surface area contributed by atoms with Crippen molar-refractivity contribution < 1.29 is 4.74 Å². The second-order valence-corrected chi connectivity index (χ2v) is 6.70. The topological polar surface area (TPSA) is 15.7 Å². The number of thiophene rings is 1. The Morgan fingerprint density at radius 2 is 2.33 bits per heavy atom. The predicted molar refractivity (Wildman–Crippen MR) is 75.0 cm³/mol. The molecule has 0 aromatic carbocycles. The van der Waals surface area contributed by atoms with Gasteiger partial charge >= 0.3 is 0 Å². The molecular weight excluding hydrogens is 244 g/mol. The van der Waals surface area contributed by atoms with Crippen molar-refractivity contribution in [2.45, 2.75) is 25.0 Å². The Morgan fingerprint density at radius 1 is 1.39 bits per heavy atom. The molecule has 1 atom stereocenters. The van der Waals surface area contributed by atoms with Gasteiger partial charge in [0.05, 0.1) is 12.2 Å². The van der Waals surface area contributed by atoms with Crippen LogP contribution in [0, 0.1) is 0 Å². The third kappa shape index (κ3) is 2.77. The molecule has 4 heteroatoms. The lowest BCUT2D eigenvalue weighted by Gasteiger charge is -2.47. The van der Waals surface area contributed by atoms with Gasteiger partial charge in [0.1, 0.15) is 0 Å². The quantitative estimate of drug-likeness (QED) is 0.815. The smallest absolute Gasteiger partial charge is 0.0935 e. The third-order valence-electron chi connectivity index (χ3n) is 4.02. The number of likely N-dealkylation sites (N-methyl/N-ethyl adjacent to an activating group) is 1. The highest BCUT2D eigenvalue weighted by Crippen LogP contribution is 2.29. The Labute approximate surface area is 113 Å². The zero-order chi connectivity index (χ0) is 12.4. The van der Waals surface area contributed by atoms with Gasteiger partial charge in [-0.15, -0.1) is 11.3 Å². The molecule has 1 aromatic rings.